The van der Waals surface area contributed by atoms with Crippen molar-refractivity contribution in [2.45, 2.75) is 39.5 Å². The molecule has 0 amide bonds. The fourth-order valence-corrected chi connectivity index (χ4v) is 5.34. The van der Waals surface area contributed by atoms with Crippen LogP contribution in [0.2, 0.25) is 0 Å². The first-order valence-corrected chi connectivity index (χ1v) is 10.8. The van der Waals surface area contributed by atoms with Crippen LogP contribution in [0.5, 0.6) is 0 Å². The molecule has 1 fully saturated rings. The van der Waals surface area contributed by atoms with Crippen molar-refractivity contribution in [2.75, 3.05) is 18.0 Å². The Balaban J connectivity index is 1.81. The lowest BCUT2D eigenvalue weighted by Gasteiger charge is -2.22. The summed E-state index contributed by atoms with van der Waals surface area (Å²) in [6.45, 7) is 6.33. The third kappa shape index (κ3) is 3.02. The molecule has 1 aliphatic rings. The Labute approximate surface area is 168 Å². The average molecular weight is 390 g/mol. The zero-order chi connectivity index (χ0) is 19.1. The maximum Gasteiger partial charge on any atom is 0.162 e. The van der Waals surface area contributed by atoms with Gasteiger partial charge in [-0.1, -0.05) is 12.8 Å². The lowest BCUT2D eigenvalue weighted by Crippen LogP contribution is -2.25. The van der Waals surface area contributed by atoms with Crippen LogP contribution in [0.4, 0.5) is 5.82 Å². The second kappa shape index (κ2) is 7.09. The van der Waals surface area contributed by atoms with Crippen LogP contribution in [0.3, 0.4) is 0 Å². The SMILES string of the molecule is Cc1cc(C)c2c(n1)sc1c(N3CCCCCC3)nc(-c3ccncc3)nc12. The van der Waals surface area contributed by atoms with E-state index in [1.165, 1.54) is 36.6 Å². The Bertz CT molecular complexity index is 1140. The minimum Gasteiger partial charge on any atom is -0.355 e. The molecule has 1 aliphatic heterocycles. The molecular formula is C22H23N5S. The van der Waals surface area contributed by atoms with Crippen LogP contribution >= 0.6 is 11.3 Å². The summed E-state index contributed by atoms with van der Waals surface area (Å²) in [5.74, 6) is 1.84. The van der Waals surface area contributed by atoms with E-state index in [1.807, 2.05) is 12.1 Å². The van der Waals surface area contributed by atoms with Gasteiger partial charge >= 0.3 is 0 Å². The van der Waals surface area contributed by atoms with Crippen molar-refractivity contribution in [3.8, 4) is 11.4 Å². The Morgan fingerprint density at radius 1 is 0.929 bits per heavy atom. The molecule has 142 valence electrons. The van der Waals surface area contributed by atoms with E-state index in [-0.39, 0.29) is 0 Å². The molecule has 28 heavy (non-hydrogen) atoms. The lowest BCUT2D eigenvalue weighted by atomic mass is 10.1. The van der Waals surface area contributed by atoms with Crippen LogP contribution in [0.1, 0.15) is 36.9 Å². The summed E-state index contributed by atoms with van der Waals surface area (Å²) in [4.78, 5) is 22.5. The Hall–Kier alpha value is -2.60. The van der Waals surface area contributed by atoms with E-state index >= 15 is 0 Å². The van der Waals surface area contributed by atoms with Gasteiger partial charge in [-0.3, -0.25) is 4.98 Å². The minimum atomic E-state index is 0.772. The molecule has 4 aromatic heterocycles. The summed E-state index contributed by atoms with van der Waals surface area (Å²) in [6, 6.07) is 6.11. The summed E-state index contributed by atoms with van der Waals surface area (Å²) in [6.07, 6.45) is 8.64. The van der Waals surface area contributed by atoms with Crippen molar-refractivity contribution >= 4 is 37.6 Å². The monoisotopic (exact) mass is 389 g/mol. The number of aryl methyl sites for hydroxylation is 2. The summed E-state index contributed by atoms with van der Waals surface area (Å²) in [5, 5.41) is 1.17. The quantitative estimate of drug-likeness (QED) is 0.466. The molecule has 0 N–H and O–H groups in total. The van der Waals surface area contributed by atoms with Gasteiger partial charge in [-0.2, -0.15) is 0 Å². The van der Waals surface area contributed by atoms with Gasteiger partial charge in [0.1, 0.15) is 4.83 Å². The van der Waals surface area contributed by atoms with E-state index in [1.54, 1.807) is 23.7 Å². The fourth-order valence-electron chi connectivity index (χ4n) is 4.09. The topological polar surface area (TPSA) is 54.8 Å². The molecule has 0 aliphatic carbocycles. The van der Waals surface area contributed by atoms with Crippen LogP contribution in [0, 0.1) is 13.8 Å². The van der Waals surface area contributed by atoms with Crippen LogP contribution in [0.25, 0.3) is 31.8 Å². The average Bonchev–Trinajstić information content (AvgIpc) is 2.87. The number of pyridine rings is 2. The van der Waals surface area contributed by atoms with Gasteiger partial charge in [-0.05, 0) is 50.5 Å². The summed E-state index contributed by atoms with van der Waals surface area (Å²) in [7, 11) is 0. The summed E-state index contributed by atoms with van der Waals surface area (Å²) >= 11 is 1.73. The van der Waals surface area contributed by atoms with Gasteiger partial charge in [0.25, 0.3) is 0 Å². The van der Waals surface area contributed by atoms with E-state index in [0.717, 1.165) is 51.0 Å². The highest BCUT2D eigenvalue weighted by atomic mass is 32.1. The van der Waals surface area contributed by atoms with Gasteiger partial charge < -0.3 is 4.90 Å². The first kappa shape index (κ1) is 17.5. The van der Waals surface area contributed by atoms with Crippen LogP contribution in [-0.4, -0.2) is 33.0 Å². The second-order valence-corrected chi connectivity index (χ2v) is 8.55. The molecule has 6 heteroatoms. The smallest absolute Gasteiger partial charge is 0.162 e. The molecule has 4 aromatic rings. The normalized spacial score (nSPS) is 15.3. The molecule has 5 rings (SSSR count). The molecular weight excluding hydrogens is 366 g/mol. The summed E-state index contributed by atoms with van der Waals surface area (Å²) in [5.41, 5.74) is 4.32. The van der Waals surface area contributed by atoms with Gasteiger partial charge in [0.2, 0.25) is 0 Å². The van der Waals surface area contributed by atoms with Crippen molar-refractivity contribution in [3.05, 3.63) is 41.9 Å². The van der Waals surface area contributed by atoms with Crippen molar-refractivity contribution in [1.82, 2.24) is 19.9 Å². The standard InChI is InChI=1S/C22H23N5S/c1-14-13-15(2)24-22-17(14)18-19(28-22)21(27-11-5-3-4-6-12-27)26-20(25-18)16-7-9-23-10-8-16/h7-10,13H,3-6,11-12H2,1-2H3. The van der Waals surface area contributed by atoms with Crippen molar-refractivity contribution in [3.63, 3.8) is 0 Å². The van der Waals surface area contributed by atoms with Gasteiger partial charge in [-0.15, -0.1) is 11.3 Å². The Morgan fingerprint density at radius 2 is 1.68 bits per heavy atom. The third-order valence-corrected chi connectivity index (χ3v) is 6.51. The van der Waals surface area contributed by atoms with Gasteiger partial charge in [0, 0.05) is 42.1 Å². The Kier molecular flexibility index (Phi) is 4.43. The molecule has 0 radical (unpaired) electrons. The lowest BCUT2D eigenvalue weighted by molar-refractivity contribution is 0.726. The maximum absolute atomic E-state index is 5.05. The third-order valence-electron chi connectivity index (χ3n) is 5.44. The first-order chi connectivity index (χ1) is 13.7. The summed E-state index contributed by atoms with van der Waals surface area (Å²) < 4.78 is 1.16. The number of hydrogen-bond donors (Lipinski definition) is 0. The van der Waals surface area contributed by atoms with E-state index in [4.69, 9.17) is 15.0 Å². The zero-order valence-electron chi connectivity index (χ0n) is 16.3. The van der Waals surface area contributed by atoms with Gasteiger partial charge in [0.05, 0.1) is 10.2 Å². The van der Waals surface area contributed by atoms with E-state index in [2.05, 4.69) is 29.8 Å². The van der Waals surface area contributed by atoms with Crippen molar-refractivity contribution < 1.29 is 0 Å². The van der Waals surface area contributed by atoms with E-state index in [0.29, 0.717) is 0 Å². The molecule has 0 aromatic carbocycles. The molecule has 0 saturated carbocycles. The number of fused-ring (bicyclic) bond motifs is 3. The number of rotatable bonds is 2. The number of hydrogen-bond acceptors (Lipinski definition) is 6. The maximum atomic E-state index is 5.05. The highest BCUT2D eigenvalue weighted by Gasteiger charge is 2.21. The predicted molar refractivity (Wildman–Crippen MR) is 116 cm³/mol. The van der Waals surface area contributed by atoms with Crippen molar-refractivity contribution in [2.24, 2.45) is 0 Å². The molecule has 0 spiro atoms. The van der Waals surface area contributed by atoms with Crippen LogP contribution < -0.4 is 4.90 Å². The minimum absolute atomic E-state index is 0.772. The molecule has 0 bridgehead atoms. The number of nitrogens with zero attached hydrogens (tertiary/aromatic N) is 5. The van der Waals surface area contributed by atoms with E-state index < -0.39 is 0 Å². The Morgan fingerprint density at radius 3 is 2.43 bits per heavy atom. The molecule has 5 nitrogen and oxygen atoms in total. The fraction of sp³-hybridized carbons (Fsp3) is 0.364. The largest absolute Gasteiger partial charge is 0.355 e. The van der Waals surface area contributed by atoms with Crippen LogP contribution in [0.15, 0.2) is 30.6 Å². The molecule has 5 heterocycles. The van der Waals surface area contributed by atoms with Gasteiger partial charge in [0.15, 0.2) is 11.6 Å². The molecule has 1 saturated heterocycles. The molecule has 0 unspecified atom stereocenters. The highest BCUT2D eigenvalue weighted by Crippen LogP contribution is 2.40. The predicted octanol–water partition coefficient (Wildman–Crippen LogP) is 5.30. The van der Waals surface area contributed by atoms with Crippen molar-refractivity contribution in [1.29, 1.82) is 0 Å². The zero-order valence-corrected chi connectivity index (χ0v) is 17.1. The van der Waals surface area contributed by atoms with E-state index in [9.17, 15) is 0 Å². The number of aromatic nitrogens is 4. The van der Waals surface area contributed by atoms with Gasteiger partial charge in [-0.25, -0.2) is 15.0 Å². The number of anilines is 1. The van der Waals surface area contributed by atoms with Crippen LogP contribution in [-0.2, 0) is 0 Å². The number of thiophene rings is 1. The first-order valence-electron chi connectivity index (χ1n) is 9.94. The molecule has 0 atom stereocenters. The highest BCUT2D eigenvalue weighted by molar-refractivity contribution is 7.26. The second-order valence-electron chi connectivity index (χ2n) is 7.55.